The molecule has 0 saturated carbocycles. The Morgan fingerprint density at radius 1 is 1.16 bits per heavy atom. The first-order valence-electron chi connectivity index (χ1n) is 12.0. The first-order chi connectivity index (χ1) is 17.9. The molecule has 2 heterocycles. The maximum Gasteiger partial charge on any atom is 0.416 e. The van der Waals surface area contributed by atoms with Gasteiger partial charge in [-0.1, -0.05) is 41.9 Å². The van der Waals surface area contributed by atoms with E-state index < -0.39 is 35.1 Å². The standard InChI is InChI=1S/C25H28ClF3N6O2S/c1-15(2)22(23(30)36)33-24-17-5-3-4-6-19(17)31-21(32-24)14-34-9-11-35(12-10-34)38(37)20-8-7-16(13-18(20)26)25(27,28)29/h3-8,13,15,22,37H,9-12,14H2,1-2H3,(H2-,30,31,32,33,36)/p+1/t22-,38?/m0/s1. The number of para-hydroxylation sites is 1. The van der Waals surface area contributed by atoms with Gasteiger partial charge in [-0.05, 0) is 30.2 Å². The summed E-state index contributed by atoms with van der Waals surface area (Å²) in [6.45, 7) is 6.36. The summed E-state index contributed by atoms with van der Waals surface area (Å²) in [5.41, 5.74) is 5.48. The highest BCUT2D eigenvalue weighted by atomic mass is 35.5. The van der Waals surface area contributed by atoms with Gasteiger partial charge in [-0.2, -0.15) is 17.7 Å². The molecule has 2 atom stereocenters. The Bertz CT molecular complexity index is 1300. The lowest BCUT2D eigenvalue weighted by Crippen LogP contribution is -2.48. The SMILES string of the molecule is CC(C)[C@H](Nc1nc(CN2CCN([S+](O)c3ccc(C(F)(F)F)cc3Cl)CC2)nc2ccccc12)C(N)=O. The molecular weight excluding hydrogens is 541 g/mol. The number of nitrogens with one attached hydrogen (secondary N) is 1. The highest BCUT2D eigenvalue weighted by Gasteiger charge is 2.38. The molecule has 0 bridgehead atoms. The second-order valence-corrected chi connectivity index (χ2v) is 11.3. The van der Waals surface area contributed by atoms with Crippen LogP contribution in [0, 0.1) is 5.92 Å². The zero-order valence-corrected chi connectivity index (χ0v) is 22.4. The van der Waals surface area contributed by atoms with Gasteiger partial charge in [-0.25, -0.2) is 9.97 Å². The van der Waals surface area contributed by atoms with E-state index in [1.54, 1.807) is 4.31 Å². The number of nitrogens with two attached hydrogens (primary N) is 1. The third-order valence-corrected chi connectivity index (χ3v) is 8.34. The zero-order chi connectivity index (χ0) is 27.6. The second kappa shape index (κ2) is 11.6. The molecule has 8 nitrogen and oxygen atoms in total. The van der Waals surface area contributed by atoms with Crippen molar-refractivity contribution in [3.05, 3.63) is 58.9 Å². The molecule has 2 aromatic carbocycles. The Morgan fingerprint density at radius 2 is 1.84 bits per heavy atom. The van der Waals surface area contributed by atoms with E-state index in [1.807, 2.05) is 38.1 Å². The van der Waals surface area contributed by atoms with Gasteiger partial charge in [-0.15, -0.1) is 0 Å². The van der Waals surface area contributed by atoms with Gasteiger partial charge < -0.3 is 11.1 Å². The molecule has 13 heteroatoms. The summed E-state index contributed by atoms with van der Waals surface area (Å²) in [5.74, 6) is 0.604. The van der Waals surface area contributed by atoms with Gasteiger partial charge in [0.25, 0.3) is 11.4 Å². The Labute approximate surface area is 226 Å². The van der Waals surface area contributed by atoms with E-state index in [2.05, 4.69) is 15.2 Å². The molecule has 1 saturated heterocycles. The number of alkyl halides is 3. The van der Waals surface area contributed by atoms with Crippen LogP contribution in [-0.4, -0.2) is 61.9 Å². The molecule has 0 aliphatic carbocycles. The highest BCUT2D eigenvalue weighted by molar-refractivity contribution is 7.89. The molecule has 4 rings (SSSR count). The number of primary amides is 1. The first kappa shape index (κ1) is 28.4. The smallest absolute Gasteiger partial charge is 0.368 e. The van der Waals surface area contributed by atoms with Crippen molar-refractivity contribution in [3.63, 3.8) is 0 Å². The molecule has 3 aromatic rings. The second-order valence-electron chi connectivity index (χ2n) is 9.39. The Hall–Kier alpha value is -2.64. The number of rotatable bonds is 8. The lowest BCUT2D eigenvalue weighted by molar-refractivity contribution is -0.137. The third kappa shape index (κ3) is 6.49. The number of halogens is 4. The Balaban J connectivity index is 1.45. The molecule has 1 amide bonds. The van der Waals surface area contributed by atoms with E-state index in [9.17, 15) is 22.5 Å². The summed E-state index contributed by atoms with van der Waals surface area (Å²) in [4.78, 5) is 23.8. The van der Waals surface area contributed by atoms with Crippen LogP contribution in [0.15, 0.2) is 47.4 Å². The molecule has 0 radical (unpaired) electrons. The summed E-state index contributed by atoms with van der Waals surface area (Å²) < 4.78 is 51.5. The average Bonchev–Trinajstić information content (AvgIpc) is 2.86. The maximum atomic E-state index is 13.0. The van der Waals surface area contributed by atoms with Crippen LogP contribution < -0.4 is 11.1 Å². The fourth-order valence-electron chi connectivity index (χ4n) is 4.24. The van der Waals surface area contributed by atoms with Crippen molar-refractivity contribution in [2.45, 2.75) is 37.5 Å². The van der Waals surface area contributed by atoms with Crippen molar-refractivity contribution in [2.24, 2.45) is 11.7 Å². The van der Waals surface area contributed by atoms with E-state index >= 15 is 0 Å². The molecule has 204 valence electrons. The van der Waals surface area contributed by atoms with Crippen molar-refractivity contribution >= 4 is 45.6 Å². The minimum Gasteiger partial charge on any atom is -0.368 e. The normalized spacial score (nSPS) is 17.1. The maximum absolute atomic E-state index is 13.0. The minimum absolute atomic E-state index is 0.0387. The van der Waals surface area contributed by atoms with Crippen molar-refractivity contribution < 1.29 is 22.5 Å². The van der Waals surface area contributed by atoms with Crippen molar-refractivity contribution in [2.75, 3.05) is 31.5 Å². The fraction of sp³-hybridized carbons (Fsp3) is 0.400. The van der Waals surface area contributed by atoms with E-state index in [4.69, 9.17) is 22.3 Å². The number of benzene rings is 2. The van der Waals surface area contributed by atoms with Crippen LogP contribution in [0.5, 0.6) is 0 Å². The van der Waals surface area contributed by atoms with Crippen LogP contribution in [0.4, 0.5) is 19.0 Å². The molecule has 1 aromatic heterocycles. The van der Waals surface area contributed by atoms with Gasteiger partial charge >= 0.3 is 6.18 Å². The van der Waals surface area contributed by atoms with Gasteiger partial charge in [0.15, 0.2) is 0 Å². The summed E-state index contributed by atoms with van der Waals surface area (Å²) in [7, 11) is 0. The fourth-order valence-corrected chi connectivity index (χ4v) is 5.84. The molecular formula is C25H29ClF3N6O2S+. The molecule has 1 aliphatic heterocycles. The monoisotopic (exact) mass is 569 g/mol. The average molecular weight is 570 g/mol. The van der Waals surface area contributed by atoms with Crippen molar-refractivity contribution in [1.29, 1.82) is 0 Å². The number of carbonyl (C=O) groups is 1. The van der Waals surface area contributed by atoms with Crippen molar-refractivity contribution in [3.8, 4) is 0 Å². The summed E-state index contributed by atoms with van der Waals surface area (Å²) >= 11 is 4.64. The van der Waals surface area contributed by atoms with Crippen molar-refractivity contribution in [1.82, 2.24) is 19.2 Å². The predicted molar refractivity (Wildman–Crippen MR) is 143 cm³/mol. The quantitative estimate of drug-likeness (QED) is 0.345. The minimum atomic E-state index is -4.50. The van der Waals surface area contributed by atoms with Crippen LogP contribution >= 0.6 is 11.6 Å². The molecule has 1 aliphatic rings. The van der Waals surface area contributed by atoms with Crippen LogP contribution in [-0.2, 0) is 28.9 Å². The van der Waals surface area contributed by atoms with Crippen LogP contribution in [0.3, 0.4) is 0 Å². The number of nitrogens with zero attached hydrogens (tertiary/aromatic N) is 4. The number of fused-ring (bicyclic) bond motifs is 1. The predicted octanol–water partition coefficient (Wildman–Crippen LogP) is 4.41. The Morgan fingerprint density at radius 3 is 2.45 bits per heavy atom. The lowest BCUT2D eigenvalue weighted by atomic mass is 10.0. The van der Waals surface area contributed by atoms with Gasteiger partial charge in [-0.3, -0.25) is 9.69 Å². The van der Waals surface area contributed by atoms with Gasteiger partial charge in [0, 0.05) is 24.5 Å². The number of carbonyl (C=O) groups excluding carboxylic acids is 1. The number of hydrogen-bond donors (Lipinski definition) is 3. The molecule has 0 spiro atoms. The number of anilines is 1. The number of aromatic nitrogens is 2. The third-order valence-electron chi connectivity index (χ3n) is 6.31. The lowest BCUT2D eigenvalue weighted by Gasteiger charge is -2.30. The largest absolute Gasteiger partial charge is 0.416 e. The summed E-state index contributed by atoms with van der Waals surface area (Å²) in [5, 5.41) is 3.86. The van der Waals surface area contributed by atoms with Gasteiger partial charge in [0.05, 0.1) is 30.7 Å². The van der Waals surface area contributed by atoms with E-state index in [0.29, 0.717) is 44.4 Å². The number of amides is 1. The van der Waals surface area contributed by atoms with Gasteiger partial charge in [0.1, 0.15) is 22.7 Å². The summed E-state index contributed by atoms with van der Waals surface area (Å²) in [6, 6.07) is 9.92. The van der Waals surface area contributed by atoms with Crippen LogP contribution in [0.1, 0.15) is 25.2 Å². The highest BCUT2D eigenvalue weighted by Crippen LogP contribution is 2.34. The van der Waals surface area contributed by atoms with Crippen LogP contribution in [0.2, 0.25) is 5.02 Å². The Kier molecular flexibility index (Phi) is 8.68. The van der Waals surface area contributed by atoms with E-state index in [0.717, 1.165) is 23.0 Å². The van der Waals surface area contributed by atoms with Gasteiger partial charge in [0.2, 0.25) is 10.8 Å². The number of hydrogen-bond acceptors (Lipinski definition) is 7. The van der Waals surface area contributed by atoms with Crippen LogP contribution in [0.25, 0.3) is 10.9 Å². The number of piperazine rings is 1. The van der Waals surface area contributed by atoms with E-state index in [-0.39, 0.29) is 15.8 Å². The molecule has 1 fully saturated rings. The van der Waals surface area contributed by atoms with E-state index in [1.165, 1.54) is 6.07 Å². The first-order valence-corrected chi connectivity index (χ1v) is 13.5. The molecule has 38 heavy (non-hydrogen) atoms. The summed E-state index contributed by atoms with van der Waals surface area (Å²) in [6.07, 6.45) is -4.50. The molecule has 4 N–H and O–H groups in total. The topological polar surface area (TPSA) is 108 Å². The zero-order valence-electron chi connectivity index (χ0n) is 20.9. The molecule has 1 unspecified atom stereocenters.